The molecule has 2 saturated heterocycles. The van der Waals surface area contributed by atoms with E-state index in [1.807, 2.05) is 37.3 Å². The summed E-state index contributed by atoms with van der Waals surface area (Å²) < 4.78 is 38.8. The third kappa shape index (κ3) is 8.16. The zero-order valence-electron chi connectivity index (χ0n) is 25.7. The van der Waals surface area contributed by atoms with Gasteiger partial charge >= 0.3 is 5.97 Å². The van der Waals surface area contributed by atoms with Gasteiger partial charge in [-0.1, -0.05) is 29.8 Å². The van der Waals surface area contributed by atoms with Gasteiger partial charge in [-0.15, -0.1) is 0 Å². The zero-order chi connectivity index (χ0) is 31.8. The van der Waals surface area contributed by atoms with Crippen LogP contribution in [0, 0.1) is 6.92 Å². The molecule has 0 aliphatic carbocycles. The Bertz CT molecular complexity index is 1530. The van der Waals surface area contributed by atoms with E-state index in [1.165, 1.54) is 11.4 Å². The first-order valence-electron chi connectivity index (χ1n) is 15.2. The van der Waals surface area contributed by atoms with Crippen molar-refractivity contribution in [3.05, 3.63) is 78.1 Å². The van der Waals surface area contributed by atoms with Crippen LogP contribution in [0.4, 0.5) is 5.95 Å². The summed E-state index contributed by atoms with van der Waals surface area (Å²) in [5.41, 5.74) is 1.74. The van der Waals surface area contributed by atoms with Gasteiger partial charge in [0.2, 0.25) is 21.9 Å². The van der Waals surface area contributed by atoms with Gasteiger partial charge in [0.05, 0.1) is 12.0 Å². The Balaban J connectivity index is 1.12. The maximum Gasteiger partial charge on any atom is 0.328 e. The summed E-state index contributed by atoms with van der Waals surface area (Å²) in [6.07, 6.45) is 4.61. The van der Waals surface area contributed by atoms with Crippen LogP contribution in [0.15, 0.2) is 71.9 Å². The SMILES string of the molecule is COC(=O)[C@H](Cc1ccc(OCCN2CCN(c3ncccn3)CC2)cc1)NC(=O)[C@@H]1CCCN1S(=O)(=O)c1ccc(C)cc1. The molecule has 2 aliphatic rings. The van der Waals surface area contributed by atoms with E-state index >= 15 is 0 Å². The van der Waals surface area contributed by atoms with Crippen LogP contribution in [-0.4, -0.2) is 105 Å². The Morgan fingerprint density at radius 2 is 1.67 bits per heavy atom. The molecular weight excluding hydrogens is 596 g/mol. The van der Waals surface area contributed by atoms with Crippen molar-refractivity contribution >= 4 is 27.8 Å². The van der Waals surface area contributed by atoms with E-state index in [4.69, 9.17) is 9.47 Å². The number of nitrogens with one attached hydrogen (secondary N) is 1. The first-order chi connectivity index (χ1) is 21.7. The number of methoxy groups -OCH3 is 1. The molecule has 3 aromatic rings. The fourth-order valence-electron chi connectivity index (χ4n) is 5.62. The second kappa shape index (κ2) is 14.8. The molecule has 2 aliphatic heterocycles. The summed E-state index contributed by atoms with van der Waals surface area (Å²) in [6.45, 7) is 6.95. The van der Waals surface area contributed by atoms with Gasteiger partial charge < -0.3 is 19.7 Å². The molecular formula is C32H40N6O6S. The number of aryl methyl sites for hydroxylation is 1. The van der Waals surface area contributed by atoms with Gasteiger partial charge in [-0.3, -0.25) is 9.69 Å². The molecule has 1 amide bonds. The van der Waals surface area contributed by atoms with Crippen LogP contribution >= 0.6 is 0 Å². The minimum atomic E-state index is -3.87. The van der Waals surface area contributed by atoms with Crippen LogP contribution in [-0.2, 0) is 30.8 Å². The van der Waals surface area contributed by atoms with E-state index in [9.17, 15) is 18.0 Å². The zero-order valence-corrected chi connectivity index (χ0v) is 26.5. The van der Waals surface area contributed by atoms with Gasteiger partial charge in [-0.2, -0.15) is 4.31 Å². The number of hydrogen-bond donors (Lipinski definition) is 1. The fraction of sp³-hybridized carbons (Fsp3) is 0.438. The van der Waals surface area contributed by atoms with Crippen LogP contribution in [0.1, 0.15) is 24.0 Å². The molecule has 12 nitrogen and oxygen atoms in total. The number of piperazine rings is 1. The summed E-state index contributed by atoms with van der Waals surface area (Å²) in [5, 5.41) is 2.75. The van der Waals surface area contributed by atoms with Gasteiger partial charge in [-0.25, -0.2) is 23.2 Å². The van der Waals surface area contributed by atoms with Gasteiger partial charge in [-0.05, 0) is 55.7 Å². The highest BCUT2D eigenvalue weighted by atomic mass is 32.2. The highest BCUT2D eigenvalue weighted by molar-refractivity contribution is 7.89. The topological polar surface area (TPSA) is 134 Å². The van der Waals surface area contributed by atoms with Crippen molar-refractivity contribution in [3.8, 4) is 5.75 Å². The minimum absolute atomic E-state index is 0.139. The third-order valence-electron chi connectivity index (χ3n) is 8.18. The number of anilines is 1. The van der Waals surface area contributed by atoms with E-state index in [0.29, 0.717) is 25.2 Å². The number of esters is 1. The van der Waals surface area contributed by atoms with Crippen molar-refractivity contribution in [2.75, 3.05) is 57.9 Å². The first-order valence-corrected chi connectivity index (χ1v) is 16.6. The Hall–Kier alpha value is -4.07. The van der Waals surface area contributed by atoms with Crippen molar-refractivity contribution in [3.63, 3.8) is 0 Å². The smallest absolute Gasteiger partial charge is 0.328 e. The number of aromatic nitrogens is 2. The summed E-state index contributed by atoms with van der Waals surface area (Å²) in [6, 6.07) is 13.8. The van der Waals surface area contributed by atoms with Crippen LogP contribution in [0.2, 0.25) is 0 Å². The van der Waals surface area contributed by atoms with Crippen LogP contribution in [0.3, 0.4) is 0 Å². The van der Waals surface area contributed by atoms with Crippen LogP contribution in [0.25, 0.3) is 0 Å². The number of carbonyl (C=O) groups is 2. The average Bonchev–Trinajstić information content (AvgIpc) is 3.57. The van der Waals surface area contributed by atoms with Crippen LogP contribution in [0.5, 0.6) is 5.75 Å². The molecule has 5 rings (SSSR count). The van der Waals surface area contributed by atoms with Crippen molar-refractivity contribution in [1.82, 2.24) is 24.5 Å². The Morgan fingerprint density at radius 3 is 2.33 bits per heavy atom. The highest BCUT2D eigenvalue weighted by Crippen LogP contribution is 2.27. The minimum Gasteiger partial charge on any atom is -0.492 e. The Labute approximate surface area is 264 Å². The summed E-state index contributed by atoms with van der Waals surface area (Å²) >= 11 is 0. The Kier molecular flexibility index (Phi) is 10.6. The van der Waals surface area contributed by atoms with Gasteiger partial charge in [0.15, 0.2) is 0 Å². The van der Waals surface area contributed by atoms with E-state index in [0.717, 1.165) is 49.8 Å². The molecule has 0 radical (unpaired) electrons. The van der Waals surface area contributed by atoms with E-state index in [1.54, 1.807) is 36.7 Å². The molecule has 0 saturated carbocycles. The normalized spacial score (nSPS) is 18.4. The van der Waals surface area contributed by atoms with E-state index in [2.05, 4.69) is 25.1 Å². The van der Waals surface area contributed by atoms with Crippen molar-refractivity contribution in [2.45, 2.75) is 43.2 Å². The predicted octanol–water partition coefficient (Wildman–Crippen LogP) is 2.04. The molecule has 1 N–H and O–H groups in total. The third-order valence-corrected chi connectivity index (χ3v) is 10.1. The summed E-state index contributed by atoms with van der Waals surface area (Å²) in [7, 11) is -2.61. The molecule has 2 atom stereocenters. The second-order valence-corrected chi connectivity index (χ2v) is 13.1. The second-order valence-electron chi connectivity index (χ2n) is 11.2. The number of sulfonamides is 1. The Morgan fingerprint density at radius 1 is 0.978 bits per heavy atom. The lowest BCUT2D eigenvalue weighted by molar-refractivity contribution is -0.145. The molecule has 0 unspecified atom stereocenters. The lowest BCUT2D eigenvalue weighted by Gasteiger charge is -2.34. The van der Waals surface area contributed by atoms with Gasteiger partial charge in [0.1, 0.15) is 24.4 Å². The largest absolute Gasteiger partial charge is 0.492 e. The average molecular weight is 637 g/mol. The van der Waals surface area contributed by atoms with Crippen molar-refractivity contribution in [1.29, 1.82) is 0 Å². The quantitative estimate of drug-likeness (QED) is 0.295. The first kappa shape index (κ1) is 32.3. The lowest BCUT2D eigenvalue weighted by Crippen LogP contribution is -2.51. The molecule has 240 valence electrons. The van der Waals surface area contributed by atoms with Crippen molar-refractivity contribution < 1.29 is 27.5 Å². The number of rotatable bonds is 12. The standard InChI is InChI=1S/C32H40N6O6S/c1-24-6-12-27(13-7-24)45(41,42)38-16-3-5-29(38)30(39)35-28(31(40)43-2)23-25-8-10-26(11-9-25)44-22-21-36-17-19-37(20-18-36)32-33-14-4-15-34-32/h4,6-15,28-29H,3,5,16-23H2,1-2H3,(H,35,39)/t28-,29-/m0/s1. The fourth-order valence-corrected chi connectivity index (χ4v) is 7.27. The molecule has 2 fully saturated rings. The van der Waals surface area contributed by atoms with Gasteiger partial charge in [0.25, 0.3) is 0 Å². The lowest BCUT2D eigenvalue weighted by atomic mass is 10.0. The maximum absolute atomic E-state index is 13.3. The number of carbonyl (C=O) groups excluding carboxylic acids is 2. The molecule has 2 aromatic carbocycles. The van der Waals surface area contributed by atoms with Crippen LogP contribution < -0.4 is 15.0 Å². The highest BCUT2D eigenvalue weighted by Gasteiger charge is 2.40. The number of benzene rings is 2. The number of amides is 1. The summed E-state index contributed by atoms with van der Waals surface area (Å²) in [5.74, 6) is 0.343. The molecule has 3 heterocycles. The number of ether oxygens (including phenoxy) is 2. The number of nitrogens with zero attached hydrogens (tertiary/aromatic N) is 5. The van der Waals surface area contributed by atoms with E-state index in [-0.39, 0.29) is 17.9 Å². The molecule has 0 bridgehead atoms. The van der Waals surface area contributed by atoms with Crippen molar-refractivity contribution in [2.24, 2.45) is 0 Å². The predicted molar refractivity (Wildman–Crippen MR) is 168 cm³/mol. The molecule has 0 spiro atoms. The van der Waals surface area contributed by atoms with E-state index < -0.39 is 34.0 Å². The molecule has 45 heavy (non-hydrogen) atoms. The van der Waals surface area contributed by atoms with Gasteiger partial charge in [0, 0.05) is 58.1 Å². The number of hydrogen-bond acceptors (Lipinski definition) is 10. The monoisotopic (exact) mass is 636 g/mol. The maximum atomic E-state index is 13.3. The summed E-state index contributed by atoms with van der Waals surface area (Å²) in [4.78, 5) is 39.3. The molecule has 13 heteroatoms. The molecule has 1 aromatic heterocycles.